The molecule has 0 N–H and O–H groups in total. The third-order valence-electron chi connectivity index (χ3n) is 4.74. The zero-order valence-electron chi connectivity index (χ0n) is 14.4. The Morgan fingerprint density at radius 3 is 2.84 bits per heavy atom. The van der Waals surface area contributed by atoms with Crippen molar-refractivity contribution in [2.45, 2.75) is 26.2 Å². The molecule has 25 heavy (non-hydrogen) atoms. The van der Waals surface area contributed by atoms with Gasteiger partial charge in [-0.2, -0.15) is 5.26 Å². The summed E-state index contributed by atoms with van der Waals surface area (Å²) in [5, 5.41) is 9.39. The molecule has 2 atom stereocenters. The third-order valence-corrected chi connectivity index (χ3v) is 4.74. The summed E-state index contributed by atoms with van der Waals surface area (Å²) >= 11 is 0. The number of rotatable bonds is 5. The first-order chi connectivity index (χ1) is 12.2. The number of carbonyl (C=O) groups excluding carboxylic acids is 2. The first-order valence-electron chi connectivity index (χ1n) is 8.75. The molecule has 0 bridgehead atoms. The van der Waals surface area contributed by atoms with Gasteiger partial charge in [0.05, 0.1) is 25.2 Å². The summed E-state index contributed by atoms with van der Waals surface area (Å²) in [5.74, 6) is -1.10. The minimum Gasteiger partial charge on any atom is -0.490 e. The lowest BCUT2D eigenvalue weighted by atomic mass is 9.86. The smallest absolute Gasteiger partial charge is 0.247 e. The van der Waals surface area contributed by atoms with Gasteiger partial charge >= 0.3 is 0 Å². The lowest BCUT2D eigenvalue weighted by Crippen LogP contribution is -2.41. The molecule has 0 spiro atoms. The third kappa shape index (κ3) is 3.46. The molecule has 6 nitrogen and oxygen atoms in total. The van der Waals surface area contributed by atoms with Crippen molar-refractivity contribution >= 4 is 11.7 Å². The SMILES string of the molecule is CCOc1cccc2c1OC[C@H](C(=O)[C@H](C#N)C(=O)N1CCCC1)C2. The van der Waals surface area contributed by atoms with E-state index in [1.807, 2.05) is 31.2 Å². The van der Waals surface area contributed by atoms with Crippen LogP contribution >= 0.6 is 0 Å². The molecule has 3 rings (SSSR count). The number of likely N-dealkylation sites (tertiary alicyclic amines) is 1. The number of hydrogen-bond acceptors (Lipinski definition) is 5. The van der Waals surface area contributed by atoms with Crippen LogP contribution in [0.15, 0.2) is 18.2 Å². The van der Waals surface area contributed by atoms with Gasteiger partial charge in [0.1, 0.15) is 0 Å². The molecular weight excluding hydrogens is 320 g/mol. The molecule has 0 aliphatic carbocycles. The normalized spacial score (nSPS) is 20.2. The number of nitrogens with zero attached hydrogens (tertiary/aromatic N) is 2. The van der Waals surface area contributed by atoms with Gasteiger partial charge in [0.2, 0.25) is 5.91 Å². The van der Waals surface area contributed by atoms with Crippen LogP contribution in [0, 0.1) is 23.2 Å². The molecule has 6 heteroatoms. The molecule has 2 aliphatic rings. The van der Waals surface area contributed by atoms with E-state index in [0.717, 1.165) is 18.4 Å². The van der Waals surface area contributed by atoms with Crippen molar-refractivity contribution in [3.8, 4) is 17.6 Å². The maximum Gasteiger partial charge on any atom is 0.247 e. The van der Waals surface area contributed by atoms with Crippen molar-refractivity contribution in [1.29, 1.82) is 5.26 Å². The number of para-hydroxylation sites is 1. The van der Waals surface area contributed by atoms with E-state index >= 15 is 0 Å². The highest BCUT2D eigenvalue weighted by atomic mass is 16.5. The predicted molar refractivity (Wildman–Crippen MR) is 90.2 cm³/mol. The standard InChI is InChI=1S/C19H22N2O4/c1-2-24-16-7-5-6-13-10-14(12-25-18(13)16)17(22)15(11-20)19(23)21-8-3-4-9-21/h5-7,14-15H,2-4,8-10,12H2,1H3/t14-,15+/m1/s1. The van der Waals surface area contributed by atoms with E-state index in [0.29, 0.717) is 37.6 Å². The Labute approximate surface area is 147 Å². The Bertz CT molecular complexity index is 704. The topological polar surface area (TPSA) is 79.6 Å². The second-order valence-corrected chi connectivity index (χ2v) is 6.39. The minimum atomic E-state index is -1.23. The summed E-state index contributed by atoms with van der Waals surface area (Å²) in [6.45, 7) is 3.86. The fourth-order valence-corrected chi connectivity index (χ4v) is 3.44. The molecule has 132 valence electrons. The highest BCUT2D eigenvalue weighted by Crippen LogP contribution is 2.37. The van der Waals surface area contributed by atoms with Crippen LogP contribution < -0.4 is 9.47 Å². The number of ether oxygens (including phenoxy) is 2. The lowest BCUT2D eigenvalue weighted by molar-refractivity contribution is -0.140. The first-order valence-corrected chi connectivity index (χ1v) is 8.75. The van der Waals surface area contributed by atoms with Gasteiger partial charge in [-0.05, 0) is 37.8 Å². The molecular formula is C19H22N2O4. The quantitative estimate of drug-likeness (QED) is 0.764. The van der Waals surface area contributed by atoms with E-state index < -0.39 is 11.8 Å². The van der Waals surface area contributed by atoms with E-state index in [1.54, 1.807) is 4.90 Å². The Hall–Kier alpha value is -2.55. The summed E-state index contributed by atoms with van der Waals surface area (Å²) in [4.78, 5) is 26.9. The molecule has 0 saturated carbocycles. The zero-order valence-corrected chi connectivity index (χ0v) is 14.4. The van der Waals surface area contributed by atoms with Crippen LogP contribution in [-0.4, -0.2) is 42.9 Å². The fourth-order valence-electron chi connectivity index (χ4n) is 3.44. The molecule has 1 amide bonds. The van der Waals surface area contributed by atoms with Gasteiger partial charge in [-0.3, -0.25) is 9.59 Å². The van der Waals surface area contributed by atoms with E-state index in [-0.39, 0.29) is 18.3 Å². The van der Waals surface area contributed by atoms with E-state index in [9.17, 15) is 14.9 Å². The van der Waals surface area contributed by atoms with Crippen molar-refractivity contribution in [3.63, 3.8) is 0 Å². The monoisotopic (exact) mass is 342 g/mol. The molecule has 0 radical (unpaired) electrons. The van der Waals surface area contributed by atoms with E-state index in [2.05, 4.69) is 0 Å². The molecule has 0 unspecified atom stereocenters. The Balaban J connectivity index is 1.74. The van der Waals surface area contributed by atoms with Crippen molar-refractivity contribution in [1.82, 2.24) is 4.90 Å². The molecule has 1 saturated heterocycles. The molecule has 1 fully saturated rings. The van der Waals surface area contributed by atoms with Gasteiger partial charge in [-0.15, -0.1) is 0 Å². The van der Waals surface area contributed by atoms with Crippen LogP contribution in [0.5, 0.6) is 11.5 Å². The Kier molecular flexibility index (Phi) is 5.22. The second-order valence-electron chi connectivity index (χ2n) is 6.39. The van der Waals surface area contributed by atoms with Crippen molar-refractivity contribution in [2.24, 2.45) is 11.8 Å². The number of hydrogen-bond donors (Lipinski definition) is 0. The van der Waals surface area contributed by atoms with Crippen LogP contribution in [0.2, 0.25) is 0 Å². The summed E-state index contributed by atoms with van der Waals surface area (Å²) in [7, 11) is 0. The summed E-state index contributed by atoms with van der Waals surface area (Å²) in [5.41, 5.74) is 0.876. The Morgan fingerprint density at radius 2 is 2.16 bits per heavy atom. The number of nitriles is 1. The largest absolute Gasteiger partial charge is 0.490 e. The maximum absolute atomic E-state index is 12.8. The Morgan fingerprint density at radius 1 is 1.40 bits per heavy atom. The summed E-state index contributed by atoms with van der Waals surface area (Å²) in [6.07, 6.45) is 2.32. The molecule has 2 aliphatic heterocycles. The number of amides is 1. The number of carbonyl (C=O) groups is 2. The van der Waals surface area contributed by atoms with Gasteiger partial charge in [0.15, 0.2) is 23.2 Å². The summed E-state index contributed by atoms with van der Waals surface area (Å²) < 4.78 is 11.3. The van der Waals surface area contributed by atoms with Crippen LogP contribution in [0.1, 0.15) is 25.3 Å². The molecule has 2 heterocycles. The number of fused-ring (bicyclic) bond motifs is 1. The van der Waals surface area contributed by atoms with Gasteiger partial charge in [-0.25, -0.2) is 0 Å². The van der Waals surface area contributed by atoms with E-state index in [4.69, 9.17) is 9.47 Å². The van der Waals surface area contributed by atoms with Crippen molar-refractivity contribution in [2.75, 3.05) is 26.3 Å². The minimum absolute atomic E-state index is 0.168. The average molecular weight is 342 g/mol. The van der Waals surface area contributed by atoms with Crippen LogP contribution in [-0.2, 0) is 16.0 Å². The van der Waals surface area contributed by atoms with Gasteiger partial charge < -0.3 is 14.4 Å². The number of Topliss-reactive ketones (excluding diaryl/α,β-unsaturated/α-hetero) is 1. The van der Waals surface area contributed by atoms with E-state index in [1.165, 1.54) is 0 Å². The maximum atomic E-state index is 12.8. The molecule has 1 aromatic rings. The number of ketones is 1. The van der Waals surface area contributed by atoms with Crippen LogP contribution in [0.4, 0.5) is 0 Å². The highest BCUT2D eigenvalue weighted by Gasteiger charge is 2.38. The molecule has 1 aromatic carbocycles. The van der Waals surface area contributed by atoms with Crippen molar-refractivity contribution < 1.29 is 19.1 Å². The molecule has 0 aromatic heterocycles. The van der Waals surface area contributed by atoms with Crippen molar-refractivity contribution in [3.05, 3.63) is 23.8 Å². The number of benzene rings is 1. The van der Waals surface area contributed by atoms with Gasteiger partial charge in [0, 0.05) is 13.1 Å². The van der Waals surface area contributed by atoms with Gasteiger partial charge in [-0.1, -0.05) is 12.1 Å². The second kappa shape index (κ2) is 7.56. The van der Waals surface area contributed by atoms with Crippen LogP contribution in [0.3, 0.4) is 0 Å². The highest BCUT2D eigenvalue weighted by molar-refractivity contribution is 6.05. The van der Waals surface area contributed by atoms with Gasteiger partial charge in [0.25, 0.3) is 0 Å². The summed E-state index contributed by atoms with van der Waals surface area (Å²) in [6, 6.07) is 7.49. The van der Waals surface area contributed by atoms with Crippen LogP contribution in [0.25, 0.3) is 0 Å². The zero-order chi connectivity index (χ0) is 17.8. The lowest BCUT2D eigenvalue weighted by Gasteiger charge is -2.27. The predicted octanol–water partition coefficient (Wildman–Crippen LogP) is 1.97. The average Bonchev–Trinajstić information content (AvgIpc) is 3.17. The fraction of sp³-hybridized carbons (Fsp3) is 0.526. The first kappa shape index (κ1) is 17.3.